The van der Waals surface area contributed by atoms with Gasteiger partial charge in [0, 0.05) is 17.6 Å². The molecule has 31 heavy (non-hydrogen) atoms. The molecular weight excluding hydrogens is 424 g/mol. The van der Waals surface area contributed by atoms with Gasteiger partial charge in [-0.1, -0.05) is 54.2 Å². The summed E-state index contributed by atoms with van der Waals surface area (Å²) in [7, 11) is 2.01. The number of nitrogen functional groups attached to an aromatic ring is 1. The average Bonchev–Trinajstić information content (AvgIpc) is 3.28. The van der Waals surface area contributed by atoms with E-state index in [1.54, 1.807) is 16.7 Å². The van der Waals surface area contributed by atoms with Crippen molar-refractivity contribution < 1.29 is 4.79 Å². The van der Waals surface area contributed by atoms with Crippen LogP contribution in [-0.4, -0.2) is 23.0 Å². The van der Waals surface area contributed by atoms with Gasteiger partial charge in [0.2, 0.25) is 0 Å². The molecule has 2 aliphatic heterocycles. The van der Waals surface area contributed by atoms with E-state index in [2.05, 4.69) is 17.0 Å². The summed E-state index contributed by atoms with van der Waals surface area (Å²) in [6, 6.07) is 25.6. The van der Waals surface area contributed by atoms with Crippen molar-refractivity contribution in [1.82, 2.24) is 4.90 Å². The lowest BCUT2D eigenvalue weighted by Gasteiger charge is -2.16. The van der Waals surface area contributed by atoms with E-state index >= 15 is 0 Å². The Bertz CT molecular complexity index is 1210. The van der Waals surface area contributed by atoms with Crippen molar-refractivity contribution in [2.24, 2.45) is 4.99 Å². The number of hydrogen-bond donors (Lipinski definition) is 1. The largest absolute Gasteiger partial charge is 0.399 e. The maximum Gasteiger partial charge on any atom is 0.269 e. The lowest BCUT2D eigenvalue weighted by molar-refractivity contribution is -0.122. The quantitative estimate of drug-likeness (QED) is 0.430. The molecule has 0 bridgehead atoms. The number of anilines is 2. The van der Waals surface area contributed by atoms with Crippen LogP contribution < -0.4 is 10.6 Å². The van der Waals surface area contributed by atoms with Crippen molar-refractivity contribution >= 4 is 51.7 Å². The summed E-state index contributed by atoms with van der Waals surface area (Å²) in [5.41, 5.74) is 9.44. The fourth-order valence-corrected chi connectivity index (χ4v) is 5.83. The molecule has 1 saturated heterocycles. The summed E-state index contributed by atoms with van der Waals surface area (Å²) in [5, 5.41) is 1.61. The molecule has 1 fully saturated rings. The number of amidine groups is 1. The number of nitrogens with zero attached hydrogens (tertiary/aromatic N) is 3. The lowest BCUT2D eigenvalue weighted by Crippen LogP contribution is -2.29. The van der Waals surface area contributed by atoms with E-state index in [9.17, 15) is 4.79 Å². The molecule has 7 heteroatoms. The Kier molecular flexibility index (Phi) is 5.21. The normalized spacial score (nSPS) is 19.4. The number of amides is 1. The Balaban J connectivity index is 1.55. The highest BCUT2D eigenvalue weighted by molar-refractivity contribution is 8.19. The smallest absolute Gasteiger partial charge is 0.269 e. The zero-order valence-corrected chi connectivity index (χ0v) is 18.5. The third-order valence-corrected chi connectivity index (χ3v) is 7.53. The maximum absolute atomic E-state index is 13.6. The molecule has 3 aromatic rings. The fourth-order valence-electron chi connectivity index (χ4n) is 3.48. The van der Waals surface area contributed by atoms with E-state index in [0.717, 1.165) is 26.9 Å². The van der Waals surface area contributed by atoms with Gasteiger partial charge in [-0.3, -0.25) is 9.69 Å². The molecule has 2 N–H and O–H groups in total. The molecular formula is C24H20N4OS2. The minimum atomic E-state index is -0.0230. The molecule has 5 nitrogen and oxygen atoms in total. The molecule has 0 spiro atoms. The number of thioether (sulfide) groups is 2. The zero-order chi connectivity index (χ0) is 21.4. The molecule has 1 amide bonds. The highest BCUT2D eigenvalue weighted by Gasteiger charge is 2.39. The molecule has 0 aliphatic carbocycles. The van der Waals surface area contributed by atoms with Crippen molar-refractivity contribution in [3.8, 4) is 0 Å². The minimum Gasteiger partial charge on any atom is -0.399 e. The maximum atomic E-state index is 13.6. The van der Waals surface area contributed by atoms with Gasteiger partial charge in [0.25, 0.3) is 5.91 Å². The Morgan fingerprint density at radius 2 is 1.61 bits per heavy atom. The van der Waals surface area contributed by atoms with E-state index in [0.29, 0.717) is 22.3 Å². The van der Waals surface area contributed by atoms with E-state index in [4.69, 9.17) is 10.7 Å². The first-order valence-electron chi connectivity index (χ1n) is 9.83. The molecule has 154 valence electrons. The summed E-state index contributed by atoms with van der Waals surface area (Å²) in [5.74, 6) is -0.0230. The molecule has 0 radical (unpaired) electrons. The molecule has 3 aromatic carbocycles. The molecule has 5 rings (SSSR count). The molecule has 0 unspecified atom stereocenters. The number of hydrogen-bond acceptors (Lipinski definition) is 6. The van der Waals surface area contributed by atoms with Crippen LogP contribution in [0.4, 0.5) is 17.1 Å². The first-order valence-corrected chi connectivity index (χ1v) is 11.5. The second kappa shape index (κ2) is 8.17. The van der Waals surface area contributed by atoms with Crippen molar-refractivity contribution in [3.63, 3.8) is 0 Å². The second-order valence-corrected chi connectivity index (χ2v) is 9.24. The Labute approximate surface area is 189 Å². The third kappa shape index (κ3) is 3.82. The minimum absolute atomic E-state index is 0.0230. The van der Waals surface area contributed by atoms with Gasteiger partial charge in [-0.25, -0.2) is 4.99 Å². The van der Waals surface area contributed by atoms with Crippen LogP contribution in [0.2, 0.25) is 0 Å². The van der Waals surface area contributed by atoms with Gasteiger partial charge in [-0.2, -0.15) is 0 Å². The van der Waals surface area contributed by atoms with E-state index < -0.39 is 0 Å². The van der Waals surface area contributed by atoms with Gasteiger partial charge in [0.15, 0.2) is 5.17 Å². The zero-order valence-electron chi connectivity index (χ0n) is 16.9. The highest BCUT2D eigenvalue weighted by atomic mass is 32.2. The number of carbonyl (C=O) groups excluding carboxylic acids is 1. The van der Waals surface area contributed by atoms with Crippen LogP contribution in [0.1, 0.15) is 5.56 Å². The summed E-state index contributed by atoms with van der Waals surface area (Å²) < 4.78 is 0. The van der Waals surface area contributed by atoms with E-state index in [1.165, 1.54) is 11.8 Å². The predicted octanol–water partition coefficient (Wildman–Crippen LogP) is 5.44. The van der Waals surface area contributed by atoms with Crippen molar-refractivity contribution in [1.29, 1.82) is 0 Å². The average molecular weight is 445 g/mol. The fraction of sp³-hybridized carbons (Fsp3) is 0.0833. The van der Waals surface area contributed by atoms with Crippen LogP contribution in [0.3, 0.4) is 0 Å². The summed E-state index contributed by atoms with van der Waals surface area (Å²) in [6.45, 7) is 0.471. The number of benzene rings is 3. The Morgan fingerprint density at radius 3 is 2.35 bits per heavy atom. The number of fused-ring (bicyclic) bond motifs is 1. The molecule has 0 atom stereocenters. The van der Waals surface area contributed by atoms with Gasteiger partial charge >= 0.3 is 0 Å². The topological polar surface area (TPSA) is 61.9 Å². The van der Waals surface area contributed by atoms with Crippen LogP contribution in [0.15, 0.2) is 98.7 Å². The molecule has 2 aliphatic rings. The Morgan fingerprint density at radius 1 is 0.903 bits per heavy atom. The summed E-state index contributed by atoms with van der Waals surface area (Å²) in [6.07, 6.45) is 0. The number of aliphatic imine (C=N–C) groups is 1. The SMILES string of the molecule is CN1/C(=C2/SC(=Nc3ccc(N)cc3)N(Cc3ccccc3)C2=O)Sc2ccccc21. The third-order valence-electron chi connectivity index (χ3n) is 5.10. The first-order chi connectivity index (χ1) is 15.1. The van der Waals surface area contributed by atoms with Gasteiger partial charge in [-0.15, -0.1) is 0 Å². The van der Waals surface area contributed by atoms with Crippen LogP contribution in [0.5, 0.6) is 0 Å². The van der Waals surface area contributed by atoms with Crippen LogP contribution >= 0.6 is 23.5 Å². The highest BCUT2D eigenvalue weighted by Crippen LogP contribution is 2.50. The van der Waals surface area contributed by atoms with Gasteiger partial charge in [0.1, 0.15) is 4.91 Å². The van der Waals surface area contributed by atoms with Crippen LogP contribution in [0.25, 0.3) is 0 Å². The number of nitrogens with two attached hydrogens (primary N) is 1. The lowest BCUT2D eigenvalue weighted by atomic mass is 10.2. The van der Waals surface area contributed by atoms with Gasteiger partial charge < -0.3 is 10.6 Å². The van der Waals surface area contributed by atoms with Gasteiger partial charge in [0.05, 0.1) is 22.9 Å². The number of rotatable bonds is 3. The van der Waals surface area contributed by atoms with Crippen LogP contribution in [-0.2, 0) is 11.3 Å². The first kappa shape index (κ1) is 19.8. The molecule has 2 heterocycles. The van der Waals surface area contributed by atoms with Gasteiger partial charge in [-0.05, 0) is 53.7 Å². The van der Waals surface area contributed by atoms with Crippen molar-refractivity contribution in [2.45, 2.75) is 11.4 Å². The Hall–Kier alpha value is -3.16. The standard InChI is InChI=1S/C24H20N4OS2/c1-27-19-9-5-6-10-20(19)30-23(27)21-22(29)28(15-16-7-3-2-4-8-16)24(31-21)26-18-13-11-17(25)12-14-18/h2-14H,15,25H2,1H3/b23-21-,26-24?. The van der Waals surface area contributed by atoms with Crippen molar-refractivity contribution in [3.05, 3.63) is 94.4 Å². The predicted molar refractivity (Wildman–Crippen MR) is 130 cm³/mol. The molecule has 0 aromatic heterocycles. The monoisotopic (exact) mass is 444 g/mol. The van der Waals surface area contributed by atoms with Crippen molar-refractivity contribution in [2.75, 3.05) is 17.7 Å². The summed E-state index contributed by atoms with van der Waals surface area (Å²) in [4.78, 5) is 24.1. The van der Waals surface area contributed by atoms with E-state index in [1.807, 2.05) is 73.8 Å². The van der Waals surface area contributed by atoms with E-state index in [-0.39, 0.29) is 5.91 Å². The number of para-hydroxylation sites is 1. The summed E-state index contributed by atoms with van der Waals surface area (Å²) >= 11 is 3.06. The molecule has 0 saturated carbocycles. The van der Waals surface area contributed by atoms with Crippen LogP contribution in [0, 0.1) is 0 Å². The number of carbonyl (C=O) groups is 1. The second-order valence-electron chi connectivity index (χ2n) is 7.23.